The van der Waals surface area contributed by atoms with Crippen LogP contribution in [0.5, 0.6) is 0 Å². The molecule has 4 aliphatic carbocycles. The minimum atomic E-state index is -0.360. The fraction of sp³-hybridized carbons (Fsp3) is 0.696. The summed E-state index contributed by atoms with van der Waals surface area (Å²) in [6, 6.07) is 4.97. The Hall–Kier alpha value is -2.15. The molecule has 162 valence electrons. The van der Waals surface area contributed by atoms with E-state index in [4.69, 9.17) is 0 Å². The van der Waals surface area contributed by atoms with Crippen molar-refractivity contribution in [3.05, 3.63) is 33.9 Å². The molecule has 1 saturated heterocycles. The van der Waals surface area contributed by atoms with Crippen LogP contribution in [0.2, 0.25) is 0 Å². The molecule has 30 heavy (non-hydrogen) atoms. The normalized spacial score (nSPS) is 37.3. The van der Waals surface area contributed by atoms with Gasteiger partial charge in [-0.25, -0.2) is 0 Å². The van der Waals surface area contributed by atoms with Crippen molar-refractivity contribution in [2.75, 3.05) is 31.1 Å². The highest BCUT2D eigenvalue weighted by molar-refractivity contribution is 5.96. The first-order valence-corrected chi connectivity index (χ1v) is 11.3. The van der Waals surface area contributed by atoms with Gasteiger partial charge in [0.1, 0.15) is 5.69 Å². The molecule has 0 aromatic heterocycles. The van der Waals surface area contributed by atoms with E-state index >= 15 is 0 Å². The molecule has 7 nitrogen and oxygen atoms in total. The van der Waals surface area contributed by atoms with E-state index in [0.717, 1.165) is 45.4 Å². The largest absolute Gasteiger partial charge is 0.363 e. The molecule has 7 heteroatoms. The molecule has 2 N–H and O–H groups in total. The Morgan fingerprint density at radius 1 is 1.13 bits per heavy atom. The van der Waals surface area contributed by atoms with Gasteiger partial charge in [-0.1, -0.05) is 13.8 Å². The number of nitrogens with zero attached hydrogens (tertiary/aromatic N) is 2. The molecule has 5 aliphatic rings. The number of rotatable bonds is 4. The summed E-state index contributed by atoms with van der Waals surface area (Å²) in [4.78, 5) is 26.7. The lowest BCUT2D eigenvalue weighted by molar-refractivity contribution is -0.384. The van der Waals surface area contributed by atoms with E-state index in [-0.39, 0.29) is 22.1 Å². The Morgan fingerprint density at radius 3 is 2.40 bits per heavy atom. The fourth-order valence-electron chi connectivity index (χ4n) is 7.88. The maximum Gasteiger partial charge on any atom is 0.293 e. The number of anilines is 1. The van der Waals surface area contributed by atoms with Gasteiger partial charge >= 0.3 is 0 Å². The highest BCUT2D eigenvalue weighted by Crippen LogP contribution is 2.66. The van der Waals surface area contributed by atoms with Gasteiger partial charge in [-0.05, 0) is 67.4 Å². The zero-order valence-electron chi connectivity index (χ0n) is 18.0. The van der Waals surface area contributed by atoms with Crippen LogP contribution in [0.3, 0.4) is 0 Å². The van der Waals surface area contributed by atoms with E-state index in [9.17, 15) is 14.9 Å². The minimum Gasteiger partial charge on any atom is -0.363 e. The van der Waals surface area contributed by atoms with Crippen molar-refractivity contribution >= 4 is 17.3 Å². The van der Waals surface area contributed by atoms with Gasteiger partial charge in [0.2, 0.25) is 0 Å². The van der Waals surface area contributed by atoms with Crippen molar-refractivity contribution in [1.29, 1.82) is 0 Å². The molecule has 0 spiro atoms. The lowest BCUT2D eigenvalue weighted by Gasteiger charge is -2.65. The average Bonchev–Trinajstić information content (AvgIpc) is 2.65. The first-order chi connectivity index (χ1) is 14.2. The summed E-state index contributed by atoms with van der Waals surface area (Å²) in [5.74, 6) is 0.514. The number of hydrogen-bond acceptors (Lipinski definition) is 5. The summed E-state index contributed by atoms with van der Waals surface area (Å²) >= 11 is 0. The summed E-state index contributed by atoms with van der Waals surface area (Å²) in [7, 11) is 0. The Morgan fingerprint density at radius 2 is 1.80 bits per heavy atom. The molecular weight excluding hydrogens is 380 g/mol. The molecule has 4 atom stereocenters. The Kier molecular flexibility index (Phi) is 4.40. The van der Waals surface area contributed by atoms with E-state index in [0.29, 0.717) is 28.0 Å². The van der Waals surface area contributed by atoms with Crippen LogP contribution in [0, 0.1) is 26.9 Å². The zero-order valence-corrected chi connectivity index (χ0v) is 18.0. The highest BCUT2D eigenvalue weighted by Gasteiger charge is 2.60. The smallest absolute Gasteiger partial charge is 0.293 e. The number of amides is 1. The van der Waals surface area contributed by atoms with Gasteiger partial charge in [-0.15, -0.1) is 0 Å². The van der Waals surface area contributed by atoms with E-state index < -0.39 is 0 Å². The maximum absolute atomic E-state index is 13.2. The minimum absolute atomic E-state index is 0.0222. The van der Waals surface area contributed by atoms with Gasteiger partial charge < -0.3 is 15.5 Å². The maximum atomic E-state index is 13.2. The molecule has 1 aromatic rings. The van der Waals surface area contributed by atoms with Gasteiger partial charge in [0, 0.05) is 43.3 Å². The molecule has 1 heterocycles. The molecule has 4 bridgehead atoms. The van der Waals surface area contributed by atoms with E-state index in [2.05, 4.69) is 24.5 Å². The van der Waals surface area contributed by atoms with E-state index in [1.165, 1.54) is 25.3 Å². The number of nitro benzene ring substituents is 1. The molecule has 0 radical (unpaired) electrons. The average molecular weight is 413 g/mol. The first-order valence-electron chi connectivity index (χ1n) is 11.3. The fourth-order valence-corrected chi connectivity index (χ4v) is 7.88. The third-order valence-electron chi connectivity index (χ3n) is 7.90. The van der Waals surface area contributed by atoms with Gasteiger partial charge in [-0.2, -0.15) is 0 Å². The molecule has 1 aromatic carbocycles. The van der Waals surface area contributed by atoms with Gasteiger partial charge in [-0.3, -0.25) is 14.9 Å². The number of carbonyl (C=O) groups is 1. The van der Waals surface area contributed by atoms with Crippen molar-refractivity contribution in [2.45, 2.75) is 57.9 Å². The first kappa shape index (κ1) is 19.8. The van der Waals surface area contributed by atoms with Gasteiger partial charge in [0.25, 0.3) is 11.6 Å². The third kappa shape index (κ3) is 3.37. The molecule has 5 fully saturated rings. The number of piperazine rings is 1. The van der Waals surface area contributed by atoms with Crippen LogP contribution in [0.25, 0.3) is 0 Å². The van der Waals surface area contributed by atoms with Crippen molar-refractivity contribution < 1.29 is 9.72 Å². The number of benzene rings is 1. The summed E-state index contributed by atoms with van der Waals surface area (Å²) in [5, 5.41) is 18.4. The quantitative estimate of drug-likeness (QED) is 0.584. The molecule has 6 rings (SSSR count). The lowest BCUT2D eigenvalue weighted by atomic mass is 9.43. The van der Waals surface area contributed by atoms with Crippen LogP contribution in [-0.4, -0.2) is 42.5 Å². The molecule has 1 aliphatic heterocycles. The molecule has 4 saturated carbocycles. The van der Waals surface area contributed by atoms with E-state index in [1.807, 2.05) is 4.90 Å². The van der Waals surface area contributed by atoms with Crippen LogP contribution in [-0.2, 0) is 0 Å². The summed E-state index contributed by atoms with van der Waals surface area (Å²) in [5.41, 5.74) is 1.47. The molecule has 2 unspecified atom stereocenters. The van der Waals surface area contributed by atoms with Crippen LogP contribution in [0.1, 0.15) is 62.7 Å². The SMILES string of the molecule is C[C@]12CC3CC(NC(=O)c4ccc(N5CCNCC5)c([N+](=O)[O-])c4)(C1)C[C@@](C)(C3)C2. The predicted molar refractivity (Wildman–Crippen MR) is 116 cm³/mol. The van der Waals surface area contributed by atoms with Crippen LogP contribution >= 0.6 is 0 Å². The standard InChI is InChI=1S/C23H32N4O3/c1-21-10-16-11-22(2,13-21)15-23(12-16,14-21)25-20(28)17-3-4-18(19(9-17)27(29)30)26-7-5-24-6-8-26/h3-4,9,16,24H,5-8,10-15H2,1-2H3,(H,25,28)/t16?,21-,22+,23?. The number of hydrogen-bond donors (Lipinski definition) is 2. The zero-order chi connectivity index (χ0) is 21.1. The van der Waals surface area contributed by atoms with Crippen molar-refractivity contribution in [1.82, 2.24) is 10.6 Å². The number of nitrogens with one attached hydrogen (secondary N) is 2. The van der Waals surface area contributed by atoms with Gasteiger partial charge in [0.15, 0.2) is 0 Å². The van der Waals surface area contributed by atoms with Crippen molar-refractivity contribution in [3.63, 3.8) is 0 Å². The Bertz CT molecular complexity index is 876. The summed E-state index contributed by atoms with van der Waals surface area (Å²) < 4.78 is 0. The second-order valence-electron chi connectivity index (χ2n) is 11.1. The monoisotopic (exact) mass is 412 g/mol. The number of carbonyl (C=O) groups excluding carboxylic acids is 1. The topological polar surface area (TPSA) is 87.5 Å². The highest BCUT2D eigenvalue weighted by atomic mass is 16.6. The van der Waals surface area contributed by atoms with E-state index in [1.54, 1.807) is 12.1 Å². The second kappa shape index (κ2) is 6.67. The Labute approximate surface area is 177 Å². The third-order valence-corrected chi connectivity index (χ3v) is 7.90. The second-order valence-corrected chi connectivity index (χ2v) is 11.1. The van der Waals surface area contributed by atoms with Crippen molar-refractivity contribution in [2.24, 2.45) is 16.7 Å². The van der Waals surface area contributed by atoms with Gasteiger partial charge in [0.05, 0.1) is 4.92 Å². The predicted octanol–water partition coefficient (Wildman–Crippen LogP) is 3.48. The number of nitro groups is 1. The van der Waals surface area contributed by atoms with Crippen molar-refractivity contribution in [3.8, 4) is 0 Å². The molecular formula is C23H32N4O3. The van der Waals surface area contributed by atoms with Crippen LogP contribution in [0.15, 0.2) is 18.2 Å². The molecule has 1 amide bonds. The Balaban J connectivity index is 1.40. The summed E-state index contributed by atoms with van der Waals surface area (Å²) in [6.45, 7) is 7.83. The van der Waals surface area contributed by atoms with Crippen LogP contribution in [0.4, 0.5) is 11.4 Å². The van der Waals surface area contributed by atoms with Crippen LogP contribution < -0.4 is 15.5 Å². The summed E-state index contributed by atoms with van der Waals surface area (Å²) in [6.07, 6.45) is 6.89. The lowest BCUT2D eigenvalue weighted by Crippen LogP contribution is -2.65.